The van der Waals surface area contributed by atoms with Crippen LogP contribution in [0.4, 0.5) is 23.7 Å². The summed E-state index contributed by atoms with van der Waals surface area (Å²) >= 11 is 0. The smallest absolute Gasteiger partial charge is 0.419 e. The lowest BCUT2D eigenvalue weighted by Crippen LogP contribution is -2.47. The molecular weight excluding hydrogens is 383 g/mol. The third kappa shape index (κ3) is 6.04. The number of para-hydroxylation sites is 2. The van der Waals surface area contributed by atoms with E-state index >= 15 is 0 Å². The zero-order valence-corrected chi connectivity index (χ0v) is 15.9. The van der Waals surface area contributed by atoms with Gasteiger partial charge in [0.05, 0.1) is 12.1 Å². The Balaban J connectivity index is 1.38. The fourth-order valence-electron chi connectivity index (χ4n) is 3.25. The van der Waals surface area contributed by atoms with Crippen LogP contribution in [0.2, 0.25) is 0 Å². The summed E-state index contributed by atoms with van der Waals surface area (Å²) < 4.78 is 44.0. The molecule has 2 aromatic carbocycles. The normalized spacial score (nSPS) is 15.1. The van der Waals surface area contributed by atoms with Gasteiger partial charge in [0.25, 0.3) is 0 Å². The minimum absolute atomic E-state index is 0.0368. The van der Waals surface area contributed by atoms with Gasteiger partial charge in [-0.2, -0.15) is 13.2 Å². The van der Waals surface area contributed by atoms with Crippen LogP contribution in [-0.2, 0) is 6.18 Å². The first-order chi connectivity index (χ1) is 13.9. The molecule has 0 aromatic heterocycles. The molecule has 5 nitrogen and oxygen atoms in total. The summed E-state index contributed by atoms with van der Waals surface area (Å²) in [5.41, 5.74) is 0.242. The van der Waals surface area contributed by atoms with Crippen LogP contribution in [0.1, 0.15) is 18.4 Å². The maximum absolute atomic E-state index is 12.9. The van der Waals surface area contributed by atoms with E-state index in [1.54, 1.807) is 4.90 Å². The third-order valence-corrected chi connectivity index (χ3v) is 4.76. The van der Waals surface area contributed by atoms with Crippen molar-refractivity contribution in [1.29, 1.82) is 0 Å². The molecule has 1 heterocycles. The van der Waals surface area contributed by atoms with Crippen molar-refractivity contribution in [1.82, 2.24) is 10.2 Å². The predicted octanol–water partition coefficient (Wildman–Crippen LogP) is 4.37. The van der Waals surface area contributed by atoms with Gasteiger partial charge in [-0.25, -0.2) is 4.79 Å². The minimum Gasteiger partial charge on any atom is -0.491 e. The van der Waals surface area contributed by atoms with E-state index in [0.717, 1.165) is 24.6 Å². The molecule has 156 valence electrons. The number of ether oxygens (including phenoxy) is 1. The van der Waals surface area contributed by atoms with Crippen LogP contribution in [0, 0.1) is 0 Å². The maximum Gasteiger partial charge on any atom is 0.419 e. The average molecular weight is 407 g/mol. The first-order valence-corrected chi connectivity index (χ1v) is 9.57. The quantitative estimate of drug-likeness (QED) is 0.700. The summed E-state index contributed by atoms with van der Waals surface area (Å²) in [5, 5.41) is 6.16. The summed E-state index contributed by atoms with van der Waals surface area (Å²) in [7, 11) is 0. The highest BCUT2D eigenvalue weighted by Crippen LogP contribution is 2.35. The number of hydrogen-bond donors (Lipinski definition) is 2. The minimum atomic E-state index is -4.47. The second kappa shape index (κ2) is 9.54. The number of nitrogens with zero attached hydrogens (tertiary/aromatic N) is 1. The molecule has 3 rings (SSSR count). The van der Waals surface area contributed by atoms with Crippen molar-refractivity contribution in [3.63, 3.8) is 0 Å². The van der Waals surface area contributed by atoms with Crippen LogP contribution in [-0.4, -0.2) is 43.2 Å². The molecule has 0 saturated carbocycles. The van der Waals surface area contributed by atoms with Gasteiger partial charge in [-0.15, -0.1) is 0 Å². The Labute approximate surface area is 167 Å². The number of anilines is 1. The number of hydrogen-bond acceptors (Lipinski definition) is 3. The largest absolute Gasteiger partial charge is 0.491 e. The van der Waals surface area contributed by atoms with Gasteiger partial charge < -0.3 is 20.3 Å². The highest BCUT2D eigenvalue weighted by atomic mass is 19.4. The molecule has 0 spiro atoms. The van der Waals surface area contributed by atoms with Gasteiger partial charge >= 0.3 is 12.2 Å². The van der Waals surface area contributed by atoms with Gasteiger partial charge in [-0.1, -0.05) is 30.3 Å². The molecule has 8 heteroatoms. The summed E-state index contributed by atoms with van der Waals surface area (Å²) in [5.74, 6) is -0.234. The van der Waals surface area contributed by atoms with E-state index < -0.39 is 11.7 Å². The van der Waals surface area contributed by atoms with Gasteiger partial charge in [0.15, 0.2) is 0 Å². The van der Waals surface area contributed by atoms with Crippen LogP contribution >= 0.6 is 0 Å². The van der Waals surface area contributed by atoms with E-state index in [2.05, 4.69) is 10.6 Å². The lowest BCUT2D eigenvalue weighted by atomic mass is 10.0. The number of urea groups is 1. The Hall–Kier alpha value is -2.90. The van der Waals surface area contributed by atoms with Crippen LogP contribution in [0.15, 0.2) is 54.6 Å². The highest BCUT2D eigenvalue weighted by Gasteiger charge is 2.34. The number of carbonyl (C=O) groups excluding carboxylic acids is 1. The molecule has 0 radical (unpaired) electrons. The molecule has 0 atom stereocenters. The Bertz CT molecular complexity index is 791. The summed E-state index contributed by atoms with van der Waals surface area (Å²) in [6, 6.07) is 15.1. The molecule has 29 heavy (non-hydrogen) atoms. The van der Waals surface area contributed by atoms with Crippen molar-refractivity contribution in [3.8, 4) is 5.75 Å². The van der Waals surface area contributed by atoms with Crippen LogP contribution in [0.3, 0.4) is 0 Å². The molecule has 2 N–H and O–H groups in total. The number of amides is 2. The number of rotatable bonds is 6. The lowest BCUT2D eigenvalue weighted by Gasteiger charge is -2.33. The molecule has 1 saturated heterocycles. The molecule has 1 aliphatic heterocycles. The first-order valence-electron chi connectivity index (χ1n) is 9.57. The van der Waals surface area contributed by atoms with Crippen molar-refractivity contribution < 1.29 is 22.7 Å². The van der Waals surface area contributed by atoms with E-state index in [-0.39, 0.29) is 24.9 Å². The predicted molar refractivity (Wildman–Crippen MR) is 105 cm³/mol. The highest BCUT2D eigenvalue weighted by molar-refractivity contribution is 5.74. The van der Waals surface area contributed by atoms with Gasteiger partial charge in [0, 0.05) is 24.8 Å². The van der Waals surface area contributed by atoms with E-state index in [1.807, 2.05) is 30.3 Å². The summed E-state index contributed by atoms with van der Waals surface area (Å²) in [6.45, 7) is 1.33. The van der Waals surface area contributed by atoms with Gasteiger partial charge in [0.2, 0.25) is 0 Å². The monoisotopic (exact) mass is 407 g/mol. The van der Waals surface area contributed by atoms with E-state index in [9.17, 15) is 18.0 Å². The average Bonchev–Trinajstić information content (AvgIpc) is 2.72. The van der Waals surface area contributed by atoms with Crippen LogP contribution in [0.25, 0.3) is 0 Å². The molecule has 1 aliphatic rings. The van der Waals surface area contributed by atoms with Crippen molar-refractivity contribution in [2.45, 2.75) is 25.1 Å². The van der Waals surface area contributed by atoms with E-state index in [1.165, 1.54) is 18.2 Å². The Morgan fingerprint density at radius 2 is 1.69 bits per heavy atom. The van der Waals surface area contributed by atoms with Crippen molar-refractivity contribution in [2.75, 3.05) is 31.6 Å². The van der Waals surface area contributed by atoms with Gasteiger partial charge in [0.1, 0.15) is 12.4 Å². The zero-order chi connectivity index (χ0) is 20.7. The maximum atomic E-state index is 12.9. The van der Waals surface area contributed by atoms with Gasteiger partial charge in [-0.3, -0.25) is 0 Å². The zero-order valence-electron chi connectivity index (χ0n) is 15.9. The van der Waals surface area contributed by atoms with Crippen LogP contribution in [0.5, 0.6) is 5.75 Å². The standard InChI is InChI=1S/C21H24F3N3O2/c22-21(23,24)18-8-4-5-9-19(18)29-15-12-25-20(28)27-13-10-17(11-14-27)26-16-6-2-1-3-7-16/h1-9,17,26H,10-15H2,(H,25,28). The Kier molecular flexibility index (Phi) is 6.85. The molecule has 1 fully saturated rings. The third-order valence-electron chi connectivity index (χ3n) is 4.76. The molecule has 0 unspecified atom stereocenters. The fourth-order valence-corrected chi connectivity index (χ4v) is 3.25. The van der Waals surface area contributed by atoms with Crippen LogP contribution < -0.4 is 15.4 Å². The number of halogens is 3. The molecule has 2 amide bonds. The summed E-state index contributed by atoms with van der Waals surface area (Å²) in [4.78, 5) is 14.0. The molecule has 0 aliphatic carbocycles. The number of likely N-dealkylation sites (tertiary alicyclic amines) is 1. The topological polar surface area (TPSA) is 53.6 Å². The molecular formula is C21H24F3N3O2. The molecule has 0 bridgehead atoms. The van der Waals surface area contributed by atoms with Crippen molar-refractivity contribution >= 4 is 11.7 Å². The number of alkyl halides is 3. The van der Waals surface area contributed by atoms with Crippen molar-refractivity contribution in [2.24, 2.45) is 0 Å². The number of carbonyl (C=O) groups is 1. The van der Waals surface area contributed by atoms with Gasteiger partial charge in [-0.05, 0) is 37.1 Å². The van der Waals surface area contributed by atoms with Crippen molar-refractivity contribution in [3.05, 3.63) is 60.2 Å². The number of piperidine rings is 1. The number of nitrogens with one attached hydrogen (secondary N) is 2. The summed E-state index contributed by atoms with van der Waals surface area (Å²) in [6.07, 6.45) is -2.81. The van der Waals surface area contributed by atoms with E-state index in [0.29, 0.717) is 19.1 Å². The number of benzene rings is 2. The van der Waals surface area contributed by atoms with E-state index in [4.69, 9.17) is 4.74 Å². The lowest BCUT2D eigenvalue weighted by molar-refractivity contribution is -0.138. The second-order valence-corrected chi connectivity index (χ2v) is 6.85. The Morgan fingerprint density at radius 1 is 1.03 bits per heavy atom. The SMILES string of the molecule is O=C(NCCOc1ccccc1C(F)(F)F)N1CCC(Nc2ccccc2)CC1. The Morgan fingerprint density at radius 3 is 2.38 bits per heavy atom. The fraction of sp³-hybridized carbons (Fsp3) is 0.381. The first kappa shape index (κ1) is 20.8. The second-order valence-electron chi connectivity index (χ2n) is 6.85. The molecule has 2 aromatic rings.